The van der Waals surface area contributed by atoms with Gasteiger partial charge in [-0.1, -0.05) is 17.7 Å². The summed E-state index contributed by atoms with van der Waals surface area (Å²) in [7, 11) is 1.48. The first-order valence-corrected chi connectivity index (χ1v) is 14.5. The minimum Gasteiger partial charge on any atom is -0.381 e. The molecule has 0 aliphatic carbocycles. The van der Waals surface area contributed by atoms with E-state index < -0.39 is 24.2 Å². The first-order chi connectivity index (χ1) is 22.0. The Morgan fingerprint density at radius 2 is 1.76 bits per heavy atom. The lowest BCUT2D eigenvalue weighted by molar-refractivity contribution is -0.130. The SMILES string of the molecule is Cc1nn(CCOC(F)F)cc1-c1ccc(-c2cnc(C(=O)Nc3ccc(C(=O)N4CCN(CO)CC4)c(Cl)c3)n2C)c(F)c1F. The molecular formula is C30H30ClF4N7O4. The van der Waals surface area contributed by atoms with Gasteiger partial charge in [0.1, 0.15) is 0 Å². The zero-order valence-corrected chi connectivity index (χ0v) is 25.6. The number of nitrogens with one attached hydrogen (secondary N) is 1. The van der Waals surface area contributed by atoms with Crippen LogP contribution in [0.1, 0.15) is 26.7 Å². The van der Waals surface area contributed by atoms with Crippen molar-refractivity contribution in [2.24, 2.45) is 7.05 Å². The van der Waals surface area contributed by atoms with Crippen LogP contribution in [0.15, 0.2) is 42.7 Å². The van der Waals surface area contributed by atoms with Gasteiger partial charge in [-0.05, 0) is 31.2 Å². The molecule has 16 heteroatoms. The number of halogens is 5. The number of rotatable bonds is 10. The van der Waals surface area contributed by atoms with Crippen LogP contribution in [0.25, 0.3) is 22.4 Å². The molecule has 1 aliphatic heterocycles. The van der Waals surface area contributed by atoms with Gasteiger partial charge in [0.05, 0.1) is 48.1 Å². The summed E-state index contributed by atoms with van der Waals surface area (Å²) in [6, 6.07) is 7.17. The highest BCUT2D eigenvalue weighted by Gasteiger charge is 2.25. The smallest absolute Gasteiger partial charge is 0.345 e. The van der Waals surface area contributed by atoms with E-state index in [-0.39, 0.29) is 64.6 Å². The summed E-state index contributed by atoms with van der Waals surface area (Å²) in [5.41, 5.74) is 1.11. The average Bonchev–Trinajstić information content (AvgIpc) is 3.59. The van der Waals surface area contributed by atoms with Crippen LogP contribution in [0.5, 0.6) is 0 Å². The van der Waals surface area contributed by atoms with Crippen LogP contribution in [0.2, 0.25) is 5.02 Å². The van der Waals surface area contributed by atoms with Gasteiger partial charge in [0.15, 0.2) is 17.5 Å². The van der Waals surface area contributed by atoms with Crippen molar-refractivity contribution in [2.45, 2.75) is 20.1 Å². The third kappa shape index (κ3) is 6.92. The fraction of sp³-hybridized carbons (Fsp3) is 0.333. The zero-order valence-electron chi connectivity index (χ0n) is 24.8. The summed E-state index contributed by atoms with van der Waals surface area (Å²) in [5, 5.41) is 16.2. The number of carbonyl (C=O) groups is 2. The molecule has 0 saturated carbocycles. The Morgan fingerprint density at radius 3 is 2.43 bits per heavy atom. The largest absolute Gasteiger partial charge is 0.381 e. The number of aryl methyl sites for hydroxylation is 1. The van der Waals surface area contributed by atoms with Crippen molar-refractivity contribution in [1.29, 1.82) is 0 Å². The molecule has 46 heavy (non-hydrogen) atoms. The average molecular weight is 664 g/mol. The number of carbonyl (C=O) groups excluding carboxylic acids is 2. The summed E-state index contributed by atoms with van der Waals surface area (Å²) in [6.07, 6.45) is 2.66. The van der Waals surface area contributed by atoms with Gasteiger partial charge in [0.2, 0.25) is 0 Å². The van der Waals surface area contributed by atoms with Gasteiger partial charge < -0.3 is 24.6 Å². The maximum Gasteiger partial charge on any atom is 0.345 e. The van der Waals surface area contributed by atoms with Crippen molar-refractivity contribution >= 4 is 29.1 Å². The molecule has 5 rings (SSSR count). The molecule has 0 unspecified atom stereocenters. The molecular weight excluding hydrogens is 634 g/mol. The molecule has 2 N–H and O–H groups in total. The van der Waals surface area contributed by atoms with Crippen molar-refractivity contribution in [1.82, 2.24) is 29.1 Å². The second-order valence-corrected chi connectivity index (χ2v) is 10.9. The molecule has 11 nitrogen and oxygen atoms in total. The molecule has 2 amide bonds. The van der Waals surface area contributed by atoms with Gasteiger partial charge in [-0.25, -0.2) is 13.8 Å². The number of nitrogens with zero attached hydrogens (tertiary/aromatic N) is 6. The molecule has 1 saturated heterocycles. The van der Waals surface area contributed by atoms with E-state index in [0.29, 0.717) is 37.6 Å². The topological polar surface area (TPSA) is 118 Å². The van der Waals surface area contributed by atoms with Crippen molar-refractivity contribution in [3.8, 4) is 22.4 Å². The van der Waals surface area contributed by atoms with E-state index in [1.165, 1.54) is 59.0 Å². The van der Waals surface area contributed by atoms with Gasteiger partial charge >= 0.3 is 6.61 Å². The predicted octanol–water partition coefficient (Wildman–Crippen LogP) is 4.39. The van der Waals surface area contributed by atoms with E-state index >= 15 is 8.78 Å². The molecule has 0 bridgehead atoms. The first-order valence-electron chi connectivity index (χ1n) is 14.2. The van der Waals surface area contributed by atoms with Crippen molar-refractivity contribution < 1.29 is 37.0 Å². The van der Waals surface area contributed by atoms with E-state index in [4.69, 9.17) is 11.6 Å². The van der Waals surface area contributed by atoms with Crippen molar-refractivity contribution in [3.05, 3.63) is 76.5 Å². The predicted molar refractivity (Wildman–Crippen MR) is 160 cm³/mol. The summed E-state index contributed by atoms with van der Waals surface area (Å²) in [4.78, 5) is 33.6. The van der Waals surface area contributed by atoms with Crippen LogP contribution in [0.4, 0.5) is 23.2 Å². The monoisotopic (exact) mass is 663 g/mol. The number of imidazole rings is 1. The molecule has 4 aromatic rings. The highest BCUT2D eigenvalue weighted by Crippen LogP contribution is 2.33. The quantitative estimate of drug-likeness (QED) is 0.242. The van der Waals surface area contributed by atoms with Gasteiger partial charge in [0.25, 0.3) is 11.8 Å². The second kappa shape index (κ2) is 14.0. The Balaban J connectivity index is 1.30. The van der Waals surface area contributed by atoms with Crippen LogP contribution < -0.4 is 5.32 Å². The maximum absolute atomic E-state index is 15.4. The molecule has 1 aliphatic rings. The molecule has 1 fully saturated rings. The Kier molecular flexibility index (Phi) is 10.1. The van der Waals surface area contributed by atoms with E-state index in [2.05, 4.69) is 20.1 Å². The maximum atomic E-state index is 15.4. The Hall–Kier alpha value is -4.31. The lowest BCUT2D eigenvalue weighted by Gasteiger charge is -2.33. The van der Waals surface area contributed by atoms with Crippen LogP contribution in [0.3, 0.4) is 0 Å². The van der Waals surface area contributed by atoms with E-state index in [1.807, 2.05) is 4.90 Å². The van der Waals surface area contributed by atoms with E-state index in [0.717, 1.165) is 0 Å². The minimum atomic E-state index is -2.93. The van der Waals surface area contributed by atoms with Gasteiger partial charge in [-0.15, -0.1) is 0 Å². The fourth-order valence-corrected chi connectivity index (χ4v) is 5.44. The number of amides is 2. The van der Waals surface area contributed by atoms with Gasteiger partial charge in [0, 0.05) is 61.8 Å². The minimum absolute atomic E-state index is 0.00855. The number of aliphatic hydroxyl groups is 1. The molecule has 0 atom stereocenters. The highest BCUT2D eigenvalue weighted by atomic mass is 35.5. The molecule has 244 valence electrons. The van der Waals surface area contributed by atoms with E-state index in [1.54, 1.807) is 11.8 Å². The number of alkyl halides is 2. The number of anilines is 1. The standard InChI is InChI=1S/C30H30ClF4N7O4/c1-17-22(15-42(38-17)11-12-46-30(34)35)19-5-6-21(26(33)25(19)32)24-14-36-27(39(24)2)28(44)37-18-3-4-20(23(31)13-18)29(45)41-9-7-40(16-43)8-10-41/h3-6,13-15,30,43H,7-12,16H2,1-2H3,(H,37,44). The third-order valence-corrected chi connectivity index (χ3v) is 7.98. The Labute approximate surface area is 265 Å². The van der Waals surface area contributed by atoms with Gasteiger partial charge in [-0.3, -0.25) is 19.2 Å². The zero-order chi connectivity index (χ0) is 33.1. The van der Waals surface area contributed by atoms with Crippen LogP contribution >= 0.6 is 11.6 Å². The molecule has 0 radical (unpaired) electrons. The second-order valence-electron chi connectivity index (χ2n) is 10.5. The van der Waals surface area contributed by atoms with Crippen LogP contribution in [0, 0.1) is 18.6 Å². The first kappa shape index (κ1) is 33.1. The van der Waals surface area contributed by atoms with Crippen molar-refractivity contribution in [2.75, 3.05) is 44.8 Å². The normalized spacial score (nSPS) is 13.9. The molecule has 2 aromatic heterocycles. The number of piperazine rings is 1. The molecule has 2 aromatic carbocycles. The summed E-state index contributed by atoms with van der Waals surface area (Å²) >= 11 is 6.39. The highest BCUT2D eigenvalue weighted by molar-refractivity contribution is 6.34. The number of aromatic nitrogens is 4. The Bertz CT molecular complexity index is 1760. The number of ether oxygens (including phenoxy) is 1. The lowest BCUT2D eigenvalue weighted by atomic mass is 10.0. The van der Waals surface area contributed by atoms with Gasteiger partial charge in [-0.2, -0.15) is 13.9 Å². The molecule has 0 spiro atoms. The number of hydrogen-bond acceptors (Lipinski definition) is 7. The fourth-order valence-electron chi connectivity index (χ4n) is 5.17. The summed E-state index contributed by atoms with van der Waals surface area (Å²) in [6.45, 7) is 0.206. The Morgan fingerprint density at radius 1 is 1.07 bits per heavy atom. The van der Waals surface area contributed by atoms with Crippen molar-refractivity contribution in [3.63, 3.8) is 0 Å². The number of hydrogen-bond donors (Lipinski definition) is 2. The summed E-state index contributed by atoms with van der Waals surface area (Å²) < 4.78 is 62.1. The molecule has 3 heterocycles. The van der Waals surface area contributed by atoms with Crippen LogP contribution in [-0.4, -0.2) is 92.2 Å². The van der Waals surface area contributed by atoms with E-state index in [9.17, 15) is 23.5 Å². The summed E-state index contributed by atoms with van der Waals surface area (Å²) in [5.74, 6) is -3.35. The lowest BCUT2D eigenvalue weighted by Crippen LogP contribution is -2.48. The third-order valence-electron chi connectivity index (χ3n) is 7.67. The number of aliphatic hydroxyl groups excluding tert-OH is 1. The number of benzene rings is 2. The van der Waals surface area contributed by atoms with Crippen LogP contribution in [-0.2, 0) is 18.3 Å².